The number of nitrogens with zero attached hydrogens (tertiary/aromatic N) is 2. The number of nitriles is 1. The van der Waals surface area contributed by atoms with Gasteiger partial charge in [-0.25, -0.2) is 0 Å². The van der Waals surface area contributed by atoms with Gasteiger partial charge >= 0.3 is 0 Å². The monoisotopic (exact) mass is 911 g/mol. The van der Waals surface area contributed by atoms with Crippen molar-refractivity contribution in [2.24, 2.45) is 35.0 Å². The lowest BCUT2D eigenvalue weighted by molar-refractivity contribution is -0.144. The first-order valence-electron chi connectivity index (χ1n) is 22.9. The molecule has 7 N–H and O–H groups in total. The number of fused-ring (bicyclic) bond motifs is 5. The van der Waals surface area contributed by atoms with Crippen molar-refractivity contribution in [3.05, 3.63) is 82.9 Å². The highest BCUT2D eigenvalue weighted by molar-refractivity contribution is 7.59. The lowest BCUT2D eigenvalue weighted by atomic mass is 9.75. The summed E-state index contributed by atoms with van der Waals surface area (Å²) >= 11 is 0. The summed E-state index contributed by atoms with van der Waals surface area (Å²) in [7, 11) is 1.56. The maximum absolute atomic E-state index is 14.7. The van der Waals surface area contributed by atoms with E-state index in [9.17, 15) is 29.2 Å². The van der Waals surface area contributed by atoms with E-state index in [-0.39, 0.29) is 108 Å². The van der Waals surface area contributed by atoms with E-state index in [1.807, 2.05) is 12.1 Å². The molecular weight excluding hydrogens is 841 g/mol. The number of carbonyl (C=O) groups excluding carboxylic acids is 5. The molecule has 0 aromatic heterocycles. The molecule has 1 heterocycles. The molecule has 352 valence electrons. The van der Waals surface area contributed by atoms with Gasteiger partial charge in [-0.05, 0) is 103 Å². The van der Waals surface area contributed by atoms with Crippen molar-refractivity contribution in [3.63, 3.8) is 0 Å². The van der Waals surface area contributed by atoms with Crippen LogP contribution in [0.1, 0.15) is 120 Å². The lowest BCUT2D eigenvalue weighted by Crippen LogP contribution is -2.46. The third-order valence-corrected chi connectivity index (χ3v) is 12.8. The molecule has 3 aromatic carbocycles. The molecule has 0 radical (unpaired) electrons. The lowest BCUT2D eigenvalue weighted by Gasteiger charge is -2.33. The summed E-state index contributed by atoms with van der Waals surface area (Å²) in [6.45, 7) is 9.22. The molecule has 4 atom stereocenters. The van der Waals surface area contributed by atoms with Crippen molar-refractivity contribution in [3.8, 4) is 28.7 Å². The molecule has 0 spiro atoms. The van der Waals surface area contributed by atoms with Crippen LogP contribution in [0.5, 0.6) is 11.5 Å². The minimum absolute atomic E-state index is 0. The average Bonchev–Trinajstić information content (AvgIpc) is 3.28. The molecule has 3 aromatic rings. The Kier molecular flexibility index (Phi) is 19.8. The molecule has 14 heteroatoms. The molecule has 1 aliphatic heterocycles. The van der Waals surface area contributed by atoms with Gasteiger partial charge in [0.15, 0.2) is 11.6 Å². The number of hydrogen-bond donors (Lipinski definition) is 4. The van der Waals surface area contributed by atoms with Crippen LogP contribution < -0.4 is 32.0 Å². The number of ketones is 3. The Labute approximate surface area is 392 Å². The highest BCUT2D eigenvalue weighted by Gasteiger charge is 2.37. The first-order valence-corrected chi connectivity index (χ1v) is 22.9. The summed E-state index contributed by atoms with van der Waals surface area (Å²) < 4.78 is 12.3. The largest absolute Gasteiger partial charge is 0.492 e. The van der Waals surface area contributed by atoms with Gasteiger partial charge in [0.1, 0.15) is 36.5 Å². The van der Waals surface area contributed by atoms with E-state index in [1.54, 1.807) is 44.3 Å². The van der Waals surface area contributed by atoms with Crippen LogP contribution in [-0.4, -0.2) is 80.0 Å². The molecule has 65 heavy (non-hydrogen) atoms. The first-order chi connectivity index (χ1) is 30.6. The third-order valence-electron chi connectivity index (χ3n) is 12.8. The van der Waals surface area contributed by atoms with E-state index in [2.05, 4.69) is 50.4 Å². The van der Waals surface area contributed by atoms with Gasteiger partial charge in [-0.1, -0.05) is 64.1 Å². The highest BCUT2D eigenvalue weighted by Crippen LogP contribution is 2.42. The number of carbonyl (C=O) groups is 5. The second kappa shape index (κ2) is 24.5. The predicted molar refractivity (Wildman–Crippen MR) is 258 cm³/mol. The molecule has 2 amide bonds. The van der Waals surface area contributed by atoms with Gasteiger partial charge in [0.2, 0.25) is 11.8 Å². The minimum atomic E-state index is -1.17. The Bertz CT molecular complexity index is 2160. The van der Waals surface area contributed by atoms with Crippen LogP contribution in [0.4, 0.5) is 0 Å². The second-order valence-corrected chi connectivity index (χ2v) is 18.5. The Balaban J connectivity index is 0.00000925. The Morgan fingerprint density at radius 3 is 2.02 bits per heavy atom. The van der Waals surface area contributed by atoms with Crippen molar-refractivity contribution in [1.29, 1.82) is 5.26 Å². The fraction of sp³-hybridized carbons (Fsp3) is 0.529. The molecule has 0 saturated heterocycles. The fourth-order valence-electron chi connectivity index (χ4n) is 9.05. The predicted octanol–water partition coefficient (Wildman–Crippen LogP) is 6.35. The zero-order chi connectivity index (χ0) is 46.6. The molecular formula is C51H70N6O7S. The van der Waals surface area contributed by atoms with Crippen LogP contribution in [0.15, 0.2) is 60.7 Å². The van der Waals surface area contributed by atoms with Gasteiger partial charge in [0.25, 0.3) is 0 Å². The van der Waals surface area contributed by atoms with Crippen LogP contribution in [0.25, 0.3) is 11.1 Å². The van der Waals surface area contributed by atoms with Gasteiger partial charge < -0.3 is 36.9 Å². The Hall–Kier alpha value is -5.07. The summed E-state index contributed by atoms with van der Waals surface area (Å²) in [4.78, 5) is 72.1. The molecule has 4 bridgehead atoms. The minimum Gasteiger partial charge on any atom is -0.492 e. The van der Waals surface area contributed by atoms with Crippen LogP contribution in [-0.2, 0) is 35.8 Å². The highest BCUT2D eigenvalue weighted by atomic mass is 32.1. The topological polar surface area (TPSA) is 221 Å². The molecule has 1 aliphatic carbocycles. The number of amides is 2. The normalized spacial score (nSPS) is 20.5. The van der Waals surface area contributed by atoms with Crippen molar-refractivity contribution in [2.75, 3.05) is 39.9 Å². The van der Waals surface area contributed by atoms with Gasteiger partial charge in [-0.15, -0.1) is 0 Å². The van der Waals surface area contributed by atoms with E-state index < -0.39 is 41.5 Å². The van der Waals surface area contributed by atoms with E-state index in [1.165, 1.54) is 16.0 Å². The summed E-state index contributed by atoms with van der Waals surface area (Å²) in [6.07, 6.45) is 3.26. The third kappa shape index (κ3) is 13.7. The summed E-state index contributed by atoms with van der Waals surface area (Å²) in [5.74, 6) is -2.16. The quantitative estimate of drug-likeness (QED) is 0.117. The van der Waals surface area contributed by atoms with E-state index in [4.69, 9.17) is 26.7 Å². The molecule has 2 aliphatic rings. The van der Waals surface area contributed by atoms with Crippen LogP contribution in [0.3, 0.4) is 0 Å². The molecule has 0 unspecified atom stereocenters. The SMILES string of the molecule is C[C@@H]1CC(=O)[C@@H](N(C)C(=O)[C@H](CCN)CC(=O)C2CCC(c3ccc(C(C)(C)C)cc3)CC2)c2ccc(OCCN)c(c2)-c2cc(ccc2OCCN)C[C@@H](C(=O)CCC#N)NC1=O.S. The number of rotatable bonds is 17. The van der Waals surface area contributed by atoms with Crippen LogP contribution in [0.2, 0.25) is 0 Å². The maximum Gasteiger partial charge on any atom is 0.226 e. The summed E-state index contributed by atoms with van der Waals surface area (Å²) in [5, 5.41) is 12.1. The summed E-state index contributed by atoms with van der Waals surface area (Å²) in [6, 6.07) is 19.3. The number of Topliss-reactive ketones (excluding diaryl/α,β-unsaturated/α-hetero) is 3. The van der Waals surface area contributed by atoms with Gasteiger partial charge in [-0.2, -0.15) is 18.8 Å². The molecule has 1 saturated carbocycles. The van der Waals surface area contributed by atoms with Crippen molar-refractivity contribution in [2.45, 2.75) is 115 Å². The average molecular weight is 911 g/mol. The molecule has 1 fully saturated rings. The Morgan fingerprint density at radius 1 is 0.831 bits per heavy atom. The fourth-order valence-corrected chi connectivity index (χ4v) is 9.05. The van der Waals surface area contributed by atoms with Gasteiger partial charge in [-0.3, -0.25) is 24.0 Å². The maximum atomic E-state index is 14.7. The number of hydrogen-bond acceptors (Lipinski definition) is 11. The van der Waals surface area contributed by atoms with Gasteiger partial charge in [0, 0.05) is 74.7 Å². The Morgan fingerprint density at radius 2 is 1.43 bits per heavy atom. The summed E-state index contributed by atoms with van der Waals surface area (Å²) in [5.41, 5.74) is 22.7. The van der Waals surface area contributed by atoms with E-state index in [0.717, 1.165) is 25.7 Å². The number of likely N-dealkylation sites (N-methyl/N-ethyl adjacent to an activating group) is 1. The van der Waals surface area contributed by atoms with Gasteiger partial charge in [0.05, 0.1) is 12.1 Å². The molecule has 5 rings (SSSR count). The molecule has 13 nitrogen and oxygen atoms in total. The number of nitrogens with two attached hydrogens (primary N) is 3. The van der Waals surface area contributed by atoms with Crippen LogP contribution >= 0.6 is 13.5 Å². The van der Waals surface area contributed by atoms with Crippen molar-refractivity contribution < 1.29 is 33.4 Å². The van der Waals surface area contributed by atoms with Crippen LogP contribution in [0, 0.1) is 29.1 Å². The zero-order valence-corrected chi connectivity index (χ0v) is 39.8. The smallest absolute Gasteiger partial charge is 0.226 e. The number of ether oxygens (including phenoxy) is 2. The zero-order valence-electron chi connectivity index (χ0n) is 38.8. The standard InChI is InChI=1S/C51H68N6O7.H2S/c1-32-27-45(60)48(57(5)50(62)38(20-22-53)31-44(59)36-11-9-34(10-12-36)35-13-16-39(17-14-35)51(2,3)4)37-15-19-47(64-26-24-55)41(30-37)40-28-33(8-18-46(40)63-25-23-54)29-42(56-49(32)61)43(58)7-6-21-52;/h8,13-19,28,30,32,34,36,38,42,48H,6-7,9-12,20,22-27,29,31,53-55H2,1-5H3,(H,56,61);1H2/t32-,34?,36?,38-,42+,48+;/m1./s1. The van der Waals surface area contributed by atoms with Crippen molar-refractivity contribution in [1.82, 2.24) is 10.2 Å². The van der Waals surface area contributed by atoms with E-state index in [0.29, 0.717) is 39.7 Å². The van der Waals surface area contributed by atoms with E-state index >= 15 is 0 Å². The van der Waals surface area contributed by atoms with Crippen molar-refractivity contribution >= 4 is 42.7 Å². The number of nitrogens with one attached hydrogen (secondary N) is 1. The first kappa shape index (κ1) is 52.6. The number of benzene rings is 3. The second-order valence-electron chi connectivity index (χ2n) is 18.5.